The topological polar surface area (TPSA) is 51.0 Å². The third-order valence-corrected chi connectivity index (χ3v) is 7.77. The van der Waals surface area contributed by atoms with Gasteiger partial charge in [-0.15, -0.1) is 0 Å². The maximum Gasteiger partial charge on any atom is 0.254 e. The summed E-state index contributed by atoms with van der Waals surface area (Å²) in [5.74, 6) is 0.876. The van der Waals surface area contributed by atoms with E-state index in [0.29, 0.717) is 11.3 Å². The summed E-state index contributed by atoms with van der Waals surface area (Å²) in [7, 11) is 0. The van der Waals surface area contributed by atoms with E-state index in [1.807, 2.05) is 18.0 Å². The first kappa shape index (κ1) is 20.6. The minimum atomic E-state index is 0.172. The van der Waals surface area contributed by atoms with E-state index < -0.39 is 0 Å². The highest BCUT2D eigenvalue weighted by Gasteiger charge is 2.33. The van der Waals surface area contributed by atoms with E-state index in [9.17, 15) is 4.79 Å². The van der Waals surface area contributed by atoms with Crippen LogP contribution in [0.25, 0.3) is 22.4 Å². The van der Waals surface area contributed by atoms with Gasteiger partial charge in [-0.2, -0.15) is 5.10 Å². The molecular weight excluding hydrogens is 408 g/mol. The van der Waals surface area contributed by atoms with Crippen LogP contribution in [0.4, 0.5) is 0 Å². The predicted octanol–water partition coefficient (Wildman–Crippen LogP) is 5.87. The van der Waals surface area contributed by atoms with Crippen LogP contribution in [-0.2, 0) is 13.1 Å². The molecule has 2 aliphatic carbocycles. The van der Waals surface area contributed by atoms with Crippen molar-refractivity contribution < 1.29 is 4.79 Å². The van der Waals surface area contributed by atoms with Crippen LogP contribution in [0.15, 0.2) is 42.7 Å². The molecule has 3 heterocycles. The number of amides is 1. The van der Waals surface area contributed by atoms with E-state index in [1.54, 1.807) is 0 Å². The van der Waals surface area contributed by atoms with Gasteiger partial charge in [0.1, 0.15) is 0 Å². The van der Waals surface area contributed by atoms with Crippen LogP contribution < -0.4 is 0 Å². The van der Waals surface area contributed by atoms with Crippen LogP contribution in [0.2, 0.25) is 0 Å². The molecule has 6 rings (SSSR count). The number of carbonyl (C=O) groups is 1. The Labute approximate surface area is 195 Å². The van der Waals surface area contributed by atoms with Crippen molar-refractivity contribution in [1.29, 1.82) is 0 Å². The highest BCUT2D eigenvalue weighted by Crippen LogP contribution is 2.40. The van der Waals surface area contributed by atoms with Crippen LogP contribution >= 0.6 is 0 Å². The van der Waals surface area contributed by atoms with Crippen LogP contribution in [-0.4, -0.2) is 32.1 Å². The molecule has 2 saturated carbocycles. The van der Waals surface area contributed by atoms with Gasteiger partial charge in [0, 0.05) is 53.8 Å². The average molecular weight is 441 g/mol. The highest BCUT2D eigenvalue weighted by atomic mass is 16.2. The molecule has 2 fully saturated rings. The monoisotopic (exact) mass is 440 g/mol. The molecule has 0 bridgehead atoms. The summed E-state index contributed by atoms with van der Waals surface area (Å²) in [6.07, 6.45) is 11.8. The fourth-order valence-corrected chi connectivity index (χ4v) is 5.64. The van der Waals surface area contributed by atoms with Gasteiger partial charge >= 0.3 is 0 Å². The van der Waals surface area contributed by atoms with Gasteiger partial charge < -0.3 is 4.90 Å². The van der Waals surface area contributed by atoms with Crippen molar-refractivity contribution in [3.05, 3.63) is 59.5 Å². The molecule has 5 nitrogen and oxygen atoms in total. The predicted molar refractivity (Wildman–Crippen MR) is 130 cm³/mol. The maximum absolute atomic E-state index is 13.1. The lowest BCUT2D eigenvalue weighted by Gasteiger charge is -2.22. The number of benzene rings is 1. The zero-order valence-electron chi connectivity index (χ0n) is 19.7. The Kier molecular flexibility index (Phi) is 4.89. The number of rotatable bonds is 6. The lowest BCUT2D eigenvalue weighted by molar-refractivity contribution is 0.0771. The van der Waals surface area contributed by atoms with Crippen molar-refractivity contribution >= 4 is 5.91 Å². The summed E-state index contributed by atoms with van der Waals surface area (Å²) < 4.78 is 2.10. The molecule has 0 spiro atoms. The molecule has 1 aromatic carbocycles. The average Bonchev–Trinajstić information content (AvgIpc) is 3.18. The highest BCUT2D eigenvalue weighted by molar-refractivity contribution is 6.00. The van der Waals surface area contributed by atoms with Gasteiger partial charge in [0.05, 0.1) is 11.9 Å². The van der Waals surface area contributed by atoms with E-state index in [-0.39, 0.29) is 5.91 Å². The molecule has 0 saturated heterocycles. The molecule has 33 heavy (non-hydrogen) atoms. The Balaban J connectivity index is 1.32. The van der Waals surface area contributed by atoms with Gasteiger partial charge in [-0.3, -0.25) is 14.5 Å². The van der Waals surface area contributed by atoms with Gasteiger partial charge in [0.15, 0.2) is 0 Å². The molecule has 2 aromatic heterocycles. The van der Waals surface area contributed by atoms with Crippen LogP contribution in [0.1, 0.15) is 67.1 Å². The molecule has 170 valence electrons. The lowest BCUT2D eigenvalue weighted by atomic mass is 9.89. The summed E-state index contributed by atoms with van der Waals surface area (Å²) in [5.41, 5.74) is 7.39. The smallest absolute Gasteiger partial charge is 0.254 e. The van der Waals surface area contributed by atoms with E-state index in [2.05, 4.69) is 48.1 Å². The van der Waals surface area contributed by atoms with Crippen molar-refractivity contribution in [2.24, 2.45) is 11.3 Å². The number of nitrogens with zero attached hydrogens (tertiary/aromatic N) is 4. The molecule has 0 unspecified atom stereocenters. The molecule has 1 amide bonds. The fraction of sp³-hybridized carbons (Fsp3) is 0.464. The number of fused-ring (bicyclic) bond motifs is 1. The Morgan fingerprint density at radius 3 is 2.67 bits per heavy atom. The lowest BCUT2D eigenvalue weighted by Crippen LogP contribution is -2.26. The molecule has 0 radical (unpaired) electrons. The molecular formula is C28H32N4O. The largest absolute Gasteiger partial charge is 0.334 e. The second-order valence-corrected chi connectivity index (χ2v) is 10.8. The van der Waals surface area contributed by atoms with Gasteiger partial charge in [-0.25, -0.2) is 0 Å². The number of aryl methyl sites for hydroxylation is 1. The number of hydrogen-bond acceptors (Lipinski definition) is 3. The van der Waals surface area contributed by atoms with Crippen molar-refractivity contribution in [2.75, 3.05) is 6.54 Å². The molecule has 3 aliphatic rings. The number of hydrogen-bond donors (Lipinski definition) is 0. The molecule has 0 N–H and O–H groups in total. The molecule has 1 aliphatic heterocycles. The first-order chi connectivity index (χ1) is 16.0. The van der Waals surface area contributed by atoms with Gasteiger partial charge in [0.2, 0.25) is 0 Å². The first-order valence-electron chi connectivity index (χ1n) is 12.4. The van der Waals surface area contributed by atoms with Gasteiger partial charge in [-0.05, 0) is 61.6 Å². The van der Waals surface area contributed by atoms with E-state index in [0.717, 1.165) is 58.8 Å². The van der Waals surface area contributed by atoms with Crippen molar-refractivity contribution in [3.8, 4) is 22.4 Å². The zero-order chi connectivity index (χ0) is 22.6. The minimum absolute atomic E-state index is 0.172. The summed E-state index contributed by atoms with van der Waals surface area (Å²) in [5, 5.41) is 4.70. The van der Waals surface area contributed by atoms with Crippen LogP contribution in [0, 0.1) is 18.3 Å². The van der Waals surface area contributed by atoms with E-state index in [1.165, 1.54) is 38.5 Å². The molecule has 3 aromatic rings. The van der Waals surface area contributed by atoms with E-state index >= 15 is 0 Å². The summed E-state index contributed by atoms with van der Waals surface area (Å²) in [6, 6.07) is 10.5. The van der Waals surface area contributed by atoms with Crippen LogP contribution in [0.3, 0.4) is 0 Å². The number of carbonyl (C=O) groups excluding carboxylic acids is 1. The fourth-order valence-electron chi connectivity index (χ4n) is 5.64. The third-order valence-electron chi connectivity index (χ3n) is 7.77. The Hall–Kier alpha value is -2.95. The zero-order valence-corrected chi connectivity index (χ0v) is 19.7. The second-order valence-electron chi connectivity index (χ2n) is 10.8. The summed E-state index contributed by atoms with van der Waals surface area (Å²) in [4.78, 5) is 20.0. The summed E-state index contributed by atoms with van der Waals surface area (Å²) in [6.45, 7) is 7.01. The Morgan fingerprint density at radius 2 is 1.88 bits per heavy atom. The minimum Gasteiger partial charge on any atom is -0.334 e. The van der Waals surface area contributed by atoms with Crippen molar-refractivity contribution in [2.45, 2.75) is 65.5 Å². The molecule has 5 heteroatoms. The Morgan fingerprint density at radius 1 is 1.06 bits per heavy atom. The maximum atomic E-state index is 13.1. The van der Waals surface area contributed by atoms with E-state index in [4.69, 9.17) is 10.1 Å². The normalized spacial score (nSPS) is 19.3. The quantitative estimate of drug-likeness (QED) is 0.482. The standard InChI is InChI=1S/C28H32N4O/c1-19-5-10-24(23-14-29-32(17-23)18-28(2)11-3-4-12-28)26(30-19)21-8-9-22-16-31(15-20-6-7-20)27(33)25(22)13-21/h5,8-10,13-14,17,20H,3-4,6-7,11-12,15-16,18H2,1-2H3. The van der Waals surface area contributed by atoms with Gasteiger partial charge in [0.25, 0.3) is 5.91 Å². The van der Waals surface area contributed by atoms with Crippen molar-refractivity contribution in [3.63, 3.8) is 0 Å². The van der Waals surface area contributed by atoms with Gasteiger partial charge in [-0.1, -0.05) is 38.0 Å². The third kappa shape index (κ3) is 3.98. The van der Waals surface area contributed by atoms with Crippen molar-refractivity contribution in [1.82, 2.24) is 19.7 Å². The SMILES string of the molecule is Cc1ccc(-c2cnn(CC3(C)CCCC3)c2)c(-c2ccc3c(c2)C(=O)N(CC2CC2)C3)n1. The second kappa shape index (κ2) is 7.82. The molecule has 0 atom stereocenters. The number of pyridine rings is 1. The number of aromatic nitrogens is 3. The Bertz CT molecular complexity index is 1220. The van der Waals surface area contributed by atoms with Crippen LogP contribution in [0.5, 0.6) is 0 Å². The first-order valence-corrected chi connectivity index (χ1v) is 12.4. The summed E-state index contributed by atoms with van der Waals surface area (Å²) >= 11 is 0.